The molecule has 1 saturated heterocycles. The molecule has 1 aromatic heterocycles. The van der Waals surface area contributed by atoms with Crippen LogP contribution in [-0.2, 0) is 6.54 Å². The lowest BCUT2D eigenvalue weighted by Gasteiger charge is -2.27. The van der Waals surface area contributed by atoms with Crippen molar-refractivity contribution >= 4 is 5.82 Å². The van der Waals surface area contributed by atoms with Gasteiger partial charge in [0, 0.05) is 19.6 Å². The first kappa shape index (κ1) is 10.4. The third-order valence-electron chi connectivity index (χ3n) is 2.73. The smallest absolute Gasteiger partial charge is 0.147 e. The van der Waals surface area contributed by atoms with Crippen LogP contribution in [-0.4, -0.2) is 30.1 Å². The molecule has 15 heavy (non-hydrogen) atoms. The van der Waals surface area contributed by atoms with E-state index in [-0.39, 0.29) is 0 Å². The molecule has 2 rings (SSSR count). The summed E-state index contributed by atoms with van der Waals surface area (Å²) in [6.07, 6.45) is 7.65. The monoisotopic (exact) mass is 206 g/mol. The van der Waals surface area contributed by atoms with Gasteiger partial charge in [-0.05, 0) is 26.3 Å². The Labute approximate surface area is 90.7 Å². The van der Waals surface area contributed by atoms with E-state index in [2.05, 4.69) is 20.2 Å². The van der Waals surface area contributed by atoms with Crippen molar-refractivity contribution in [3.05, 3.63) is 18.1 Å². The quantitative estimate of drug-likeness (QED) is 0.806. The Morgan fingerprint density at radius 2 is 2.00 bits per heavy atom. The first-order valence-corrected chi connectivity index (χ1v) is 5.60. The topological polar surface area (TPSA) is 41.1 Å². The summed E-state index contributed by atoms with van der Waals surface area (Å²) in [5.41, 5.74) is 0.998. The van der Waals surface area contributed by atoms with Crippen LogP contribution in [0.2, 0.25) is 0 Å². The van der Waals surface area contributed by atoms with Crippen LogP contribution in [0.25, 0.3) is 0 Å². The van der Waals surface area contributed by atoms with Gasteiger partial charge >= 0.3 is 0 Å². The van der Waals surface area contributed by atoms with Crippen LogP contribution in [0, 0.1) is 0 Å². The van der Waals surface area contributed by atoms with Crippen molar-refractivity contribution in [3.8, 4) is 0 Å². The van der Waals surface area contributed by atoms with E-state index >= 15 is 0 Å². The Hall–Kier alpha value is -1.16. The maximum Gasteiger partial charge on any atom is 0.147 e. The van der Waals surface area contributed by atoms with Gasteiger partial charge in [-0.1, -0.05) is 0 Å². The molecule has 1 fully saturated rings. The predicted octanol–water partition coefficient (Wildman–Crippen LogP) is 1.19. The summed E-state index contributed by atoms with van der Waals surface area (Å²) in [4.78, 5) is 11.1. The molecule has 4 heteroatoms. The van der Waals surface area contributed by atoms with E-state index in [0.717, 1.165) is 31.1 Å². The summed E-state index contributed by atoms with van der Waals surface area (Å²) in [5, 5.41) is 3.07. The molecule has 0 aromatic carbocycles. The van der Waals surface area contributed by atoms with Crippen LogP contribution in [0.5, 0.6) is 0 Å². The minimum absolute atomic E-state index is 0.785. The first-order chi connectivity index (χ1) is 7.40. The zero-order valence-corrected chi connectivity index (χ0v) is 9.24. The number of nitrogens with one attached hydrogen (secondary N) is 1. The first-order valence-electron chi connectivity index (χ1n) is 5.60. The fourth-order valence-corrected chi connectivity index (χ4v) is 1.91. The van der Waals surface area contributed by atoms with Crippen LogP contribution < -0.4 is 10.2 Å². The van der Waals surface area contributed by atoms with Crippen molar-refractivity contribution < 1.29 is 0 Å². The van der Waals surface area contributed by atoms with Crippen LogP contribution in [0.3, 0.4) is 0 Å². The molecular formula is C11H18N4. The lowest BCUT2D eigenvalue weighted by Crippen LogP contribution is -2.30. The van der Waals surface area contributed by atoms with Crippen LogP contribution in [0.4, 0.5) is 5.82 Å². The molecule has 1 aliphatic rings. The van der Waals surface area contributed by atoms with E-state index in [9.17, 15) is 0 Å². The van der Waals surface area contributed by atoms with E-state index in [1.54, 1.807) is 0 Å². The van der Waals surface area contributed by atoms with Gasteiger partial charge < -0.3 is 10.2 Å². The predicted molar refractivity (Wildman–Crippen MR) is 60.9 cm³/mol. The standard InChI is InChI=1S/C11H18N4/c1-12-7-10-8-14-11(9-13-10)15-5-3-2-4-6-15/h8-9,12H,2-7H2,1H3. The number of anilines is 1. The van der Waals surface area contributed by atoms with Crippen molar-refractivity contribution in [2.45, 2.75) is 25.8 Å². The molecule has 0 radical (unpaired) electrons. The zero-order valence-electron chi connectivity index (χ0n) is 9.24. The molecule has 0 saturated carbocycles. The van der Waals surface area contributed by atoms with E-state index in [0.29, 0.717) is 0 Å². The van der Waals surface area contributed by atoms with Gasteiger partial charge in [0.25, 0.3) is 0 Å². The Kier molecular flexibility index (Phi) is 3.50. The molecule has 0 unspecified atom stereocenters. The highest BCUT2D eigenvalue weighted by Crippen LogP contribution is 2.15. The van der Waals surface area contributed by atoms with Crippen molar-refractivity contribution in [1.82, 2.24) is 15.3 Å². The van der Waals surface area contributed by atoms with E-state index < -0.39 is 0 Å². The molecule has 0 amide bonds. The van der Waals surface area contributed by atoms with Crippen molar-refractivity contribution in [2.75, 3.05) is 25.0 Å². The number of piperidine rings is 1. The minimum atomic E-state index is 0.785. The maximum atomic E-state index is 4.44. The summed E-state index contributed by atoms with van der Waals surface area (Å²) in [5.74, 6) is 1.02. The van der Waals surface area contributed by atoms with Crippen LogP contribution in [0.15, 0.2) is 12.4 Å². The van der Waals surface area contributed by atoms with E-state index in [1.165, 1.54) is 19.3 Å². The zero-order chi connectivity index (χ0) is 10.5. The molecule has 0 spiro atoms. The summed E-state index contributed by atoms with van der Waals surface area (Å²) in [6, 6.07) is 0. The van der Waals surface area contributed by atoms with Crippen molar-refractivity contribution in [1.29, 1.82) is 0 Å². The van der Waals surface area contributed by atoms with E-state index in [4.69, 9.17) is 0 Å². The second-order valence-electron chi connectivity index (χ2n) is 3.94. The lowest BCUT2D eigenvalue weighted by molar-refractivity contribution is 0.572. The Morgan fingerprint density at radius 1 is 1.20 bits per heavy atom. The maximum absolute atomic E-state index is 4.44. The molecule has 1 aromatic rings. The van der Waals surface area contributed by atoms with Crippen LogP contribution in [0.1, 0.15) is 25.0 Å². The number of nitrogens with zero attached hydrogens (tertiary/aromatic N) is 3. The largest absolute Gasteiger partial charge is 0.355 e. The van der Waals surface area contributed by atoms with Crippen LogP contribution >= 0.6 is 0 Å². The van der Waals surface area contributed by atoms with Gasteiger partial charge in [-0.3, -0.25) is 4.98 Å². The fraction of sp³-hybridized carbons (Fsp3) is 0.636. The highest BCUT2D eigenvalue weighted by atomic mass is 15.2. The molecule has 4 nitrogen and oxygen atoms in total. The molecule has 0 aliphatic carbocycles. The number of hydrogen-bond acceptors (Lipinski definition) is 4. The summed E-state index contributed by atoms with van der Waals surface area (Å²) in [6.45, 7) is 3.04. The van der Waals surface area contributed by atoms with Gasteiger partial charge in [0.2, 0.25) is 0 Å². The normalized spacial score (nSPS) is 16.7. The van der Waals surface area contributed by atoms with Gasteiger partial charge in [-0.2, -0.15) is 0 Å². The summed E-state index contributed by atoms with van der Waals surface area (Å²) in [7, 11) is 1.92. The Morgan fingerprint density at radius 3 is 2.60 bits per heavy atom. The fourth-order valence-electron chi connectivity index (χ4n) is 1.91. The SMILES string of the molecule is CNCc1cnc(N2CCCCC2)cn1. The second kappa shape index (κ2) is 5.07. The minimum Gasteiger partial charge on any atom is -0.355 e. The molecule has 82 valence electrons. The second-order valence-corrected chi connectivity index (χ2v) is 3.94. The Balaban J connectivity index is 2.02. The molecule has 1 N–H and O–H groups in total. The number of aromatic nitrogens is 2. The third kappa shape index (κ3) is 2.65. The van der Waals surface area contributed by atoms with Gasteiger partial charge in [-0.15, -0.1) is 0 Å². The molecular weight excluding hydrogens is 188 g/mol. The lowest BCUT2D eigenvalue weighted by atomic mass is 10.1. The van der Waals surface area contributed by atoms with Gasteiger partial charge in [0.05, 0.1) is 18.1 Å². The molecule has 1 aliphatic heterocycles. The molecule has 0 atom stereocenters. The molecule has 0 bridgehead atoms. The van der Waals surface area contributed by atoms with Gasteiger partial charge in [0.1, 0.15) is 5.82 Å². The Bertz CT molecular complexity index is 290. The third-order valence-corrected chi connectivity index (χ3v) is 2.73. The summed E-state index contributed by atoms with van der Waals surface area (Å²) >= 11 is 0. The number of rotatable bonds is 3. The van der Waals surface area contributed by atoms with Crippen molar-refractivity contribution in [3.63, 3.8) is 0 Å². The van der Waals surface area contributed by atoms with E-state index in [1.807, 2.05) is 19.4 Å². The average Bonchev–Trinajstić information content (AvgIpc) is 2.32. The van der Waals surface area contributed by atoms with Gasteiger partial charge in [-0.25, -0.2) is 4.98 Å². The summed E-state index contributed by atoms with van der Waals surface area (Å²) < 4.78 is 0. The average molecular weight is 206 g/mol. The van der Waals surface area contributed by atoms with Crippen molar-refractivity contribution in [2.24, 2.45) is 0 Å². The molecule has 2 heterocycles. The number of hydrogen-bond donors (Lipinski definition) is 1. The van der Waals surface area contributed by atoms with Gasteiger partial charge in [0.15, 0.2) is 0 Å². The highest BCUT2D eigenvalue weighted by molar-refractivity contribution is 5.36. The highest BCUT2D eigenvalue weighted by Gasteiger charge is 2.11.